The normalized spacial score (nSPS) is 13.2. The first-order valence-corrected chi connectivity index (χ1v) is 14.0. The Labute approximate surface area is 176 Å². The number of hydrogen-bond donors (Lipinski definition) is 1. The van der Waals surface area contributed by atoms with Gasteiger partial charge in [-0.25, -0.2) is 0 Å². The zero-order valence-corrected chi connectivity index (χ0v) is 20.4. The first-order chi connectivity index (χ1) is 13.4. The summed E-state index contributed by atoms with van der Waals surface area (Å²) >= 11 is 0. The summed E-state index contributed by atoms with van der Waals surface area (Å²) in [5.41, 5.74) is 1.64. The molecule has 0 amide bonds. The van der Waals surface area contributed by atoms with Crippen molar-refractivity contribution in [1.82, 2.24) is 5.32 Å². The molecule has 0 aliphatic carbocycles. The number of nitrogens with one attached hydrogen (secondary N) is 1. The van der Waals surface area contributed by atoms with Gasteiger partial charge in [0.25, 0.3) is 0 Å². The Morgan fingerprint density at radius 2 is 1.18 bits per heavy atom. The number of rotatable bonds is 11. The van der Waals surface area contributed by atoms with Crippen LogP contribution in [-0.4, -0.2) is 36.2 Å². The Morgan fingerprint density at radius 3 is 1.57 bits per heavy atom. The van der Waals surface area contributed by atoms with E-state index < -0.39 is 0 Å². The second-order valence-electron chi connectivity index (χ2n) is 8.51. The predicted octanol–water partition coefficient (Wildman–Crippen LogP) is 6.03. The van der Waals surface area contributed by atoms with Gasteiger partial charge in [-0.2, -0.15) is 0 Å². The van der Waals surface area contributed by atoms with Gasteiger partial charge in [-0.05, 0) is 54.6 Å². The van der Waals surface area contributed by atoms with Gasteiger partial charge in [-0.15, -0.1) is 7.92 Å². The first-order valence-electron chi connectivity index (χ1n) is 10.8. The monoisotopic (exact) mass is 415 g/mol. The standard InChI is InChI=1S/C25H39NP2/c1-20(2)25(26-17-18-27(21(3)4)22(5)6)19-28(23-13-9-7-10-14-23)24-15-11-8-12-16-24/h7-16,20-22,25-26H,17-19H2,1-6H3/t25-/m1/s1. The van der Waals surface area contributed by atoms with E-state index in [1.807, 2.05) is 0 Å². The molecule has 0 aliphatic heterocycles. The van der Waals surface area contributed by atoms with Crippen molar-refractivity contribution in [3.05, 3.63) is 60.7 Å². The van der Waals surface area contributed by atoms with Crippen molar-refractivity contribution in [3.8, 4) is 0 Å². The summed E-state index contributed by atoms with van der Waals surface area (Å²) in [5, 5.41) is 6.94. The van der Waals surface area contributed by atoms with Crippen LogP contribution in [0.25, 0.3) is 0 Å². The molecule has 1 N–H and O–H groups in total. The van der Waals surface area contributed by atoms with Crippen molar-refractivity contribution < 1.29 is 0 Å². The summed E-state index contributed by atoms with van der Waals surface area (Å²) in [4.78, 5) is 0. The lowest BCUT2D eigenvalue weighted by atomic mass is 10.1. The molecule has 0 bridgehead atoms. The Bertz CT molecular complexity index is 607. The molecular weight excluding hydrogens is 376 g/mol. The van der Waals surface area contributed by atoms with Crippen LogP contribution in [0, 0.1) is 5.92 Å². The van der Waals surface area contributed by atoms with Gasteiger partial charge in [0.1, 0.15) is 0 Å². The van der Waals surface area contributed by atoms with E-state index in [0.717, 1.165) is 17.9 Å². The Kier molecular flexibility index (Phi) is 10.1. The second-order valence-corrected chi connectivity index (χ2v) is 14.3. The highest BCUT2D eigenvalue weighted by molar-refractivity contribution is 7.73. The molecule has 0 aliphatic rings. The van der Waals surface area contributed by atoms with Crippen LogP contribution in [0.3, 0.4) is 0 Å². The lowest BCUT2D eigenvalue weighted by Gasteiger charge is -2.31. The van der Waals surface area contributed by atoms with Gasteiger partial charge >= 0.3 is 0 Å². The molecule has 0 fully saturated rings. The highest BCUT2D eigenvalue weighted by Crippen LogP contribution is 2.45. The molecule has 2 aromatic carbocycles. The van der Waals surface area contributed by atoms with Crippen LogP contribution < -0.4 is 15.9 Å². The van der Waals surface area contributed by atoms with E-state index in [1.54, 1.807) is 0 Å². The molecule has 28 heavy (non-hydrogen) atoms. The highest BCUT2D eigenvalue weighted by atomic mass is 31.1. The zero-order valence-electron chi connectivity index (χ0n) is 18.6. The largest absolute Gasteiger partial charge is 0.313 e. The van der Waals surface area contributed by atoms with Crippen LogP contribution in [0.4, 0.5) is 0 Å². The van der Waals surface area contributed by atoms with Gasteiger partial charge < -0.3 is 5.32 Å². The van der Waals surface area contributed by atoms with E-state index in [-0.39, 0.29) is 15.8 Å². The smallest absolute Gasteiger partial charge is 0.0135 e. The Balaban J connectivity index is 2.10. The van der Waals surface area contributed by atoms with E-state index in [1.165, 1.54) is 22.9 Å². The zero-order chi connectivity index (χ0) is 20.5. The van der Waals surface area contributed by atoms with Crippen molar-refractivity contribution in [2.24, 2.45) is 5.92 Å². The molecule has 0 saturated heterocycles. The van der Waals surface area contributed by atoms with Crippen molar-refractivity contribution in [2.45, 2.75) is 58.9 Å². The van der Waals surface area contributed by atoms with Crippen LogP contribution in [0.15, 0.2) is 60.7 Å². The molecule has 1 nitrogen and oxygen atoms in total. The van der Waals surface area contributed by atoms with Gasteiger partial charge in [0.05, 0.1) is 0 Å². The molecule has 0 radical (unpaired) electrons. The fourth-order valence-electron chi connectivity index (χ4n) is 3.78. The van der Waals surface area contributed by atoms with Crippen LogP contribution >= 0.6 is 15.8 Å². The summed E-state index contributed by atoms with van der Waals surface area (Å²) < 4.78 is 0. The van der Waals surface area contributed by atoms with Crippen LogP contribution in [0.5, 0.6) is 0 Å². The number of hydrogen-bond acceptors (Lipinski definition) is 1. The average molecular weight is 416 g/mol. The van der Waals surface area contributed by atoms with Gasteiger partial charge in [-0.1, -0.05) is 102 Å². The summed E-state index contributed by atoms with van der Waals surface area (Å²) in [7, 11) is -0.230. The molecule has 154 valence electrons. The molecule has 3 heteroatoms. The Morgan fingerprint density at radius 1 is 0.714 bits per heavy atom. The maximum absolute atomic E-state index is 3.96. The number of benzene rings is 2. The quantitative estimate of drug-likeness (QED) is 0.442. The van der Waals surface area contributed by atoms with Gasteiger partial charge in [0.2, 0.25) is 0 Å². The van der Waals surface area contributed by atoms with Crippen molar-refractivity contribution in [2.75, 3.05) is 18.9 Å². The summed E-state index contributed by atoms with van der Waals surface area (Å²) in [6.07, 6.45) is 2.55. The van der Waals surface area contributed by atoms with E-state index in [9.17, 15) is 0 Å². The maximum Gasteiger partial charge on any atom is 0.0135 e. The Hall–Kier alpha value is -0.740. The van der Waals surface area contributed by atoms with E-state index in [2.05, 4.69) is 108 Å². The summed E-state index contributed by atoms with van der Waals surface area (Å²) in [5.74, 6) is 0.641. The van der Waals surface area contributed by atoms with Crippen LogP contribution in [0.1, 0.15) is 41.5 Å². The van der Waals surface area contributed by atoms with Crippen LogP contribution in [-0.2, 0) is 0 Å². The second kappa shape index (κ2) is 12.1. The minimum Gasteiger partial charge on any atom is -0.313 e. The van der Waals surface area contributed by atoms with E-state index >= 15 is 0 Å². The fraction of sp³-hybridized carbons (Fsp3) is 0.520. The third-order valence-electron chi connectivity index (χ3n) is 5.42. The van der Waals surface area contributed by atoms with E-state index in [4.69, 9.17) is 0 Å². The molecule has 2 aromatic rings. The third-order valence-corrected chi connectivity index (χ3v) is 11.4. The van der Waals surface area contributed by atoms with Crippen molar-refractivity contribution >= 4 is 26.5 Å². The minimum atomic E-state index is -0.337. The molecule has 0 saturated carbocycles. The summed E-state index contributed by atoms with van der Waals surface area (Å²) in [6, 6.07) is 22.8. The summed E-state index contributed by atoms with van der Waals surface area (Å²) in [6.45, 7) is 15.5. The van der Waals surface area contributed by atoms with Crippen molar-refractivity contribution in [1.29, 1.82) is 0 Å². The molecule has 1 atom stereocenters. The molecule has 0 spiro atoms. The highest BCUT2D eigenvalue weighted by Gasteiger charge is 2.23. The molecule has 0 heterocycles. The van der Waals surface area contributed by atoms with Gasteiger partial charge in [0, 0.05) is 6.04 Å². The van der Waals surface area contributed by atoms with Crippen molar-refractivity contribution in [3.63, 3.8) is 0 Å². The van der Waals surface area contributed by atoms with Gasteiger partial charge in [0.15, 0.2) is 0 Å². The molecule has 0 unspecified atom stereocenters. The molecule has 0 aromatic heterocycles. The average Bonchev–Trinajstić information content (AvgIpc) is 2.68. The fourth-order valence-corrected chi connectivity index (χ4v) is 9.12. The molecule has 2 rings (SSSR count). The SMILES string of the molecule is CC(C)[C@@H](CP(c1ccccc1)c1ccccc1)NCCP(C(C)C)C(C)C. The van der Waals surface area contributed by atoms with Crippen LogP contribution in [0.2, 0.25) is 0 Å². The minimum absolute atomic E-state index is 0.106. The lowest BCUT2D eigenvalue weighted by molar-refractivity contribution is 0.443. The maximum atomic E-state index is 3.96. The molecular formula is C25H39NP2. The topological polar surface area (TPSA) is 12.0 Å². The third kappa shape index (κ3) is 7.26. The van der Waals surface area contributed by atoms with Gasteiger partial charge in [-0.3, -0.25) is 0 Å². The lowest BCUT2D eigenvalue weighted by Crippen LogP contribution is -2.40. The van der Waals surface area contributed by atoms with E-state index in [0.29, 0.717) is 12.0 Å². The first kappa shape index (κ1) is 23.5. The predicted molar refractivity (Wildman–Crippen MR) is 133 cm³/mol.